The zero-order valence-electron chi connectivity index (χ0n) is 14.2. The van der Waals surface area contributed by atoms with E-state index in [-0.39, 0.29) is 23.2 Å². The lowest BCUT2D eigenvalue weighted by molar-refractivity contribution is -0.124. The normalized spacial score (nSPS) is 18.2. The number of nitrogens with zero attached hydrogens (tertiary/aromatic N) is 4. The Balaban J connectivity index is 1.56. The average Bonchev–Trinajstić information content (AvgIpc) is 3.39. The van der Waals surface area contributed by atoms with Crippen LogP contribution in [0.3, 0.4) is 0 Å². The first-order chi connectivity index (χ1) is 13.0. The first-order valence-corrected chi connectivity index (χ1v) is 12.2. The molecule has 1 aliphatic heterocycles. The molecule has 1 N–H and O–H groups in total. The average molecular weight is 442 g/mol. The van der Waals surface area contributed by atoms with Gasteiger partial charge >= 0.3 is 0 Å². The number of benzene rings is 1. The van der Waals surface area contributed by atoms with Crippen LogP contribution >= 0.6 is 34.8 Å². The third-order valence-corrected chi connectivity index (χ3v) is 8.52. The van der Waals surface area contributed by atoms with Gasteiger partial charge in [0.05, 0.1) is 34.9 Å². The number of thioether (sulfide) groups is 1. The number of amides is 1. The Morgan fingerprint density at radius 3 is 3.00 bits per heavy atom. The number of carbonyl (C=O) groups excluding carboxylic acids is 1. The summed E-state index contributed by atoms with van der Waals surface area (Å²) in [5.74, 6) is 0.314. The van der Waals surface area contributed by atoms with Crippen LogP contribution in [0, 0.1) is 6.92 Å². The van der Waals surface area contributed by atoms with E-state index in [0.717, 1.165) is 22.4 Å². The molecular formula is C15H15N5O3S4. The van der Waals surface area contributed by atoms with Gasteiger partial charge in [0.15, 0.2) is 0 Å². The van der Waals surface area contributed by atoms with Crippen molar-refractivity contribution in [3.63, 3.8) is 0 Å². The van der Waals surface area contributed by atoms with Crippen molar-refractivity contribution in [3.8, 4) is 0 Å². The van der Waals surface area contributed by atoms with Gasteiger partial charge in [-0.1, -0.05) is 6.07 Å². The maximum Gasteiger partial charge on any atom is 0.246 e. The van der Waals surface area contributed by atoms with E-state index in [1.54, 1.807) is 12.1 Å². The fraction of sp³-hybridized carbons (Fsp3) is 0.333. The molecule has 1 aromatic carbocycles. The molecule has 0 aliphatic carbocycles. The Bertz CT molecular complexity index is 1090. The summed E-state index contributed by atoms with van der Waals surface area (Å²) in [7, 11) is -3.87. The molecule has 3 heterocycles. The van der Waals surface area contributed by atoms with Crippen LogP contribution in [-0.2, 0) is 21.4 Å². The molecule has 0 unspecified atom stereocenters. The van der Waals surface area contributed by atoms with Crippen LogP contribution in [0.5, 0.6) is 0 Å². The minimum atomic E-state index is -3.87. The number of aromatic nitrogens is 3. The number of rotatable bonds is 5. The molecule has 1 saturated heterocycles. The van der Waals surface area contributed by atoms with Crippen molar-refractivity contribution in [1.82, 2.24) is 23.4 Å². The Hall–Kier alpha value is -1.60. The number of sulfonamides is 1. The molecule has 1 aliphatic rings. The summed E-state index contributed by atoms with van der Waals surface area (Å²) in [4.78, 5) is 17.0. The van der Waals surface area contributed by atoms with Crippen LogP contribution < -0.4 is 5.32 Å². The van der Waals surface area contributed by atoms with Gasteiger partial charge in [-0.25, -0.2) is 13.4 Å². The lowest BCUT2D eigenvalue weighted by atomic mass is 10.3. The molecule has 27 heavy (non-hydrogen) atoms. The highest BCUT2D eigenvalue weighted by Crippen LogP contribution is 2.31. The maximum absolute atomic E-state index is 13.2. The van der Waals surface area contributed by atoms with Crippen molar-refractivity contribution in [2.45, 2.75) is 24.4 Å². The molecule has 1 amide bonds. The Morgan fingerprint density at radius 1 is 1.37 bits per heavy atom. The summed E-state index contributed by atoms with van der Waals surface area (Å²) in [6.45, 7) is 2.18. The third-order valence-electron chi connectivity index (χ3n) is 4.09. The first kappa shape index (κ1) is 18.7. The molecule has 0 radical (unpaired) electrons. The molecule has 0 spiro atoms. The third kappa shape index (κ3) is 3.59. The van der Waals surface area contributed by atoms with Crippen molar-refractivity contribution >= 4 is 61.8 Å². The minimum absolute atomic E-state index is 0.0872. The van der Waals surface area contributed by atoms with Crippen LogP contribution in [0.1, 0.15) is 10.7 Å². The molecule has 1 atom stereocenters. The van der Waals surface area contributed by atoms with Crippen LogP contribution in [0.25, 0.3) is 11.0 Å². The standard InChI is InChI=1S/C15H15N5O3S4/c1-9-17-10(6-25-9)5-16-15(21)12-7-24-8-20(12)27(22,23)13-4-2-3-11-14(13)19-26-18-11/h2-4,6,12H,5,7-8H2,1H3,(H,16,21)/t12-/m1/s1. The summed E-state index contributed by atoms with van der Waals surface area (Å²) >= 11 is 3.89. The highest BCUT2D eigenvalue weighted by Gasteiger charge is 2.41. The molecular weight excluding hydrogens is 426 g/mol. The highest BCUT2D eigenvalue weighted by molar-refractivity contribution is 8.00. The van der Waals surface area contributed by atoms with E-state index >= 15 is 0 Å². The zero-order chi connectivity index (χ0) is 19.0. The van der Waals surface area contributed by atoms with Crippen LogP contribution in [0.2, 0.25) is 0 Å². The molecule has 0 bridgehead atoms. The molecule has 0 saturated carbocycles. The van der Waals surface area contributed by atoms with E-state index in [4.69, 9.17) is 0 Å². The van der Waals surface area contributed by atoms with Crippen molar-refractivity contribution in [3.05, 3.63) is 34.3 Å². The molecule has 3 aromatic rings. The van der Waals surface area contributed by atoms with Gasteiger partial charge < -0.3 is 5.32 Å². The van der Waals surface area contributed by atoms with E-state index in [1.165, 1.54) is 33.5 Å². The number of hydrogen-bond donors (Lipinski definition) is 1. The fourth-order valence-electron chi connectivity index (χ4n) is 2.77. The van der Waals surface area contributed by atoms with Crippen molar-refractivity contribution < 1.29 is 13.2 Å². The number of fused-ring (bicyclic) bond motifs is 1. The Labute approximate surface area is 168 Å². The van der Waals surface area contributed by atoms with Crippen LogP contribution in [-0.4, -0.2) is 50.0 Å². The quantitative estimate of drug-likeness (QED) is 0.644. The van der Waals surface area contributed by atoms with E-state index in [0.29, 0.717) is 16.8 Å². The van der Waals surface area contributed by atoms with Gasteiger partial charge in [0.1, 0.15) is 22.0 Å². The van der Waals surface area contributed by atoms with Gasteiger partial charge in [-0.3, -0.25) is 4.79 Å². The van der Waals surface area contributed by atoms with E-state index in [1.807, 2.05) is 12.3 Å². The summed E-state index contributed by atoms with van der Waals surface area (Å²) in [5, 5.41) is 5.60. The molecule has 2 aromatic heterocycles. The first-order valence-electron chi connectivity index (χ1n) is 7.96. The van der Waals surface area contributed by atoms with E-state index in [2.05, 4.69) is 19.0 Å². The van der Waals surface area contributed by atoms with Gasteiger partial charge in [-0.05, 0) is 19.1 Å². The predicted octanol–water partition coefficient (Wildman–Crippen LogP) is 1.84. The summed E-state index contributed by atoms with van der Waals surface area (Å²) in [6.07, 6.45) is 0. The minimum Gasteiger partial charge on any atom is -0.349 e. The van der Waals surface area contributed by atoms with Crippen molar-refractivity contribution in [2.75, 3.05) is 11.6 Å². The van der Waals surface area contributed by atoms with Gasteiger partial charge in [-0.2, -0.15) is 13.1 Å². The lowest BCUT2D eigenvalue weighted by Crippen LogP contribution is -2.47. The number of carbonyl (C=O) groups is 1. The maximum atomic E-state index is 13.2. The van der Waals surface area contributed by atoms with E-state index in [9.17, 15) is 13.2 Å². The summed E-state index contributed by atoms with van der Waals surface area (Å²) < 4.78 is 35.8. The van der Waals surface area contributed by atoms with Gasteiger partial charge in [0.2, 0.25) is 15.9 Å². The molecule has 4 rings (SSSR count). The monoisotopic (exact) mass is 441 g/mol. The number of thiazole rings is 1. The summed E-state index contributed by atoms with van der Waals surface area (Å²) in [5.41, 5.74) is 1.65. The summed E-state index contributed by atoms with van der Waals surface area (Å²) in [6, 6.07) is 4.10. The van der Waals surface area contributed by atoms with Gasteiger partial charge in [0.25, 0.3) is 0 Å². The largest absolute Gasteiger partial charge is 0.349 e. The SMILES string of the molecule is Cc1nc(CNC(=O)[C@H]2CSCN2S(=O)(=O)c2cccc3nsnc23)cs1. The van der Waals surface area contributed by atoms with Crippen LogP contribution in [0.4, 0.5) is 0 Å². The molecule has 8 nitrogen and oxygen atoms in total. The lowest BCUT2D eigenvalue weighted by Gasteiger charge is -2.22. The molecule has 12 heteroatoms. The number of nitrogens with one attached hydrogen (secondary N) is 1. The number of aryl methyl sites for hydroxylation is 1. The second-order valence-electron chi connectivity index (χ2n) is 5.87. The van der Waals surface area contributed by atoms with Crippen molar-refractivity contribution in [1.29, 1.82) is 0 Å². The smallest absolute Gasteiger partial charge is 0.246 e. The predicted molar refractivity (Wildman–Crippen MR) is 106 cm³/mol. The van der Waals surface area contributed by atoms with Gasteiger partial charge in [-0.15, -0.1) is 23.1 Å². The highest BCUT2D eigenvalue weighted by atomic mass is 32.2. The second-order valence-corrected chi connectivity index (χ2v) is 10.3. The zero-order valence-corrected chi connectivity index (χ0v) is 17.4. The van der Waals surface area contributed by atoms with Crippen molar-refractivity contribution in [2.24, 2.45) is 0 Å². The second kappa shape index (κ2) is 7.43. The topological polar surface area (TPSA) is 105 Å². The molecule has 142 valence electrons. The molecule has 1 fully saturated rings. The Morgan fingerprint density at radius 2 is 2.22 bits per heavy atom. The van der Waals surface area contributed by atoms with E-state index < -0.39 is 16.1 Å². The Kier molecular flexibility index (Phi) is 5.16. The number of hydrogen-bond acceptors (Lipinski definition) is 9. The van der Waals surface area contributed by atoms with Crippen LogP contribution in [0.15, 0.2) is 28.5 Å². The fourth-order valence-corrected chi connectivity index (χ4v) is 7.29. The van der Waals surface area contributed by atoms with Gasteiger partial charge in [0, 0.05) is 11.1 Å².